The van der Waals surface area contributed by atoms with E-state index in [9.17, 15) is 8.42 Å². The van der Waals surface area contributed by atoms with E-state index in [1.54, 1.807) is 7.11 Å². The molecule has 1 N–H and O–H groups in total. The Kier molecular flexibility index (Phi) is 6.55. The Morgan fingerprint density at radius 1 is 1.28 bits per heavy atom. The zero-order valence-corrected chi connectivity index (χ0v) is 12.5. The highest BCUT2D eigenvalue weighted by molar-refractivity contribution is 7.91. The summed E-state index contributed by atoms with van der Waals surface area (Å²) in [6, 6.07) is 0.686. The molecule has 0 radical (unpaired) electrons. The second kappa shape index (κ2) is 7.43. The maximum atomic E-state index is 11.6. The molecule has 1 rings (SSSR count). The molecule has 0 aliphatic carbocycles. The second-order valence-electron chi connectivity index (χ2n) is 5.21. The van der Waals surface area contributed by atoms with Gasteiger partial charge in [0.15, 0.2) is 9.84 Å². The van der Waals surface area contributed by atoms with Crippen LogP contribution in [0.5, 0.6) is 0 Å². The van der Waals surface area contributed by atoms with Crippen molar-refractivity contribution in [3.8, 4) is 0 Å². The van der Waals surface area contributed by atoms with Crippen molar-refractivity contribution in [3.05, 3.63) is 0 Å². The highest BCUT2D eigenvalue weighted by atomic mass is 32.2. The van der Waals surface area contributed by atoms with Gasteiger partial charge in [0.1, 0.15) is 0 Å². The quantitative estimate of drug-likeness (QED) is 0.748. The molecule has 1 unspecified atom stereocenters. The molecule has 0 aromatic carbocycles. The molecule has 0 saturated carbocycles. The van der Waals surface area contributed by atoms with Crippen molar-refractivity contribution in [2.24, 2.45) is 0 Å². The molecule has 1 aliphatic rings. The van der Waals surface area contributed by atoms with Crippen LogP contribution in [0.1, 0.15) is 20.3 Å². The van der Waals surface area contributed by atoms with Crippen molar-refractivity contribution in [1.29, 1.82) is 0 Å². The monoisotopic (exact) mass is 278 g/mol. The van der Waals surface area contributed by atoms with E-state index in [2.05, 4.69) is 24.1 Å². The van der Waals surface area contributed by atoms with Crippen LogP contribution in [0.3, 0.4) is 0 Å². The van der Waals surface area contributed by atoms with Gasteiger partial charge >= 0.3 is 0 Å². The molecule has 108 valence electrons. The Morgan fingerprint density at radius 2 is 2.00 bits per heavy atom. The lowest BCUT2D eigenvalue weighted by molar-refractivity contribution is 0.0928. The van der Waals surface area contributed by atoms with Crippen molar-refractivity contribution in [1.82, 2.24) is 10.2 Å². The van der Waals surface area contributed by atoms with Crippen LogP contribution in [0.4, 0.5) is 0 Å². The van der Waals surface area contributed by atoms with Crippen molar-refractivity contribution in [2.45, 2.75) is 32.4 Å². The molecule has 0 amide bonds. The molecule has 0 spiro atoms. The second-order valence-corrected chi connectivity index (χ2v) is 7.52. The molecule has 1 aliphatic heterocycles. The molecule has 6 heteroatoms. The van der Waals surface area contributed by atoms with E-state index in [1.165, 1.54) is 0 Å². The largest absolute Gasteiger partial charge is 0.383 e. The molecule has 1 atom stereocenters. The molecule has 0 bridgehead atoms. The SMILES string of the molecule is COCC(CNC(C)C)N1CCCS(=O)(=O)CC1. The van der Waals surface area contributed by atoms with Crippen LogP contribution in [-0.4, -0.2) is 70.3 Å². The van der Waals surface area contributed by atoms with Gasteiger partial charge in [-0.1, -0.05) is 13.8 Å². The van der Waals surface area contributed by atoms with E-state index in [0.717, 1.165) is 19.5 Å². The number of hydrogen-bond donors (Lipinski definition) is 1. The standard InChI is InChI=1S/C12H26N2O3S/c1-11(2)13-9-12(10-17-3)14-5-4-7-18(15,16)8-6-14/h11-13H,4-10H2,1-3H3. The van der Waals surface area contributed by atoms with E-state index in [0.29, 0.717) is 24.9 Å². The smallest absolute Gasteiger partial charge is 0.151 e. The van der Waals surface area contributed by atoms with Crippen molar-refractivity contribution in [2.75, 3.05) is 44.9 Å². The van der Waals surface area contributed by atoms with E-state index < -0.39 is 9.84 Å². The summed E-state index contributed by atoms with van der Waals surface area (Å²) in [5, 5.41) is 3.40. The van der Waals surface area contributed by atoms with Crippen LogP contribution in [0.15, 0.2) is 0 Å². The summed E-state index contributed by atoms with van der Waals surface area (Å²) >= 11 is 0. The van der Waals surface area contributed by atoms with Gasteiger partial charge in [-0.25, -0.2) is 8.42 Å². The van der Waals surface area contributed by atoms with Gasteiger partial charge in [-0.05, 0) is 13.0 Å². The predicted molar refractivity (Wildman–Crippen MR) is 73.6 cm³/mol. The van der Waals surface area contributed by atoms with Gasteiger partial charge in [0, 0.05) is 32.3 Å². The fourth-order valence-corrected chi connectivity index (χ4v) is 3.47. The van der Waals surface area contributed by atoms with Gasteiger partial charge in [0.05, 0.1) is 18.1 Å². The van der Waals surface area contributed by atoms with E-state index >= 15 is 0 Å². The predicted octanol–water partition coefficient (Wildman–Crippen LogP) is 0.120. The van der Waals surface area contributed by atoms with Gasteiger partial charge in [-0.15, -0.1) is 0 Å². The van der Waals surface area contributed by atoms with Gasteiger partial charge in [-0.3, -0.25) is 4.90 Å². The van der Waals surface area contributed by atoms with Crippen LogP contribution >= 0.6 is 0 Å². The molecule has 1 heterocycles. The molecule has 1 saturated heterocycles. The number of nitrogens with one attached hydrogen (secondary N) is 1. The summed E-state index contributed by atoms with van der Waals surface area (Å²) in [6.45, 7) is 7.15. The minimum Gasteiger partial charge on any atom is -0.383 e. The Bertz CT molecular complexity index is 330. The van der Waals surface area contributed by atoms with Crippen molar-refractivity contribution in [3.63, 3.8) is 0 Å². The van der Waals surface area contributed by atoms with Crippen molar-refractivity contribution >= 4 is 9.84 Å². The third-order valence-corrected chi connectivity index (χ3v) is 4.94. The van der Waals surface area contributed by atoms with Gasteiger partial charge < -0.3 is 10.1 Å². The molecule has 1 fully saturated rings. The first-order valence-electron chi connectivity index (χ1n) is 6.61. The molecular weight excluding hydrogens is 252 g/mol. The fraction of sp³-hybridized carbons (Fsp3) is 1.00. The molecule has 0 aromatic heterocycles. The first-order chi connectivity index (χ1) is 8.44. The molecular formula is C12H26N2O3S. The van der Waals surface area contributed by atoms with E-state index in [-0.39, 0.29) is 11.8 Å². The van der Waals surface area contributed by atoms with Crippen LogP contribution < -0.4 is 5.32 Å². The molecule has 5 nitrogen and oxygen atoms in total. The summed E-state index contributed by atoms with van der Waals surface area (Å²) in [4.78, 5) is 2.24. The van der Waals surface area contributed by atoms with E-state index in [1.807, 2.05) is 0 Å². The lowest BCUT2D eigenvalue weighted by Crippen LogP contribution is -2.47. The van der Waals surface area contributed by atoms with Crippen LogP contribution in [0, 0.1) is 0 Å². The highest BCUT2D eigenvalue weighted by Crippen LogP contribution is 2.09. The number of sulfone groups is 1. The Labute approximate surface area is 111 Å². The summed E-state index contributed by atoms with van der Waals surface area (Å²) in [5.74, 6) is 0.593. The van der Waals surface area contributed by atoms with Gasteiger partial charge in [0.25, 0.3) is 0 Å². The number of rotatable bonds is 6. The molecule has 18 heavy (non-hydrogen) atoms. The average molecular weight is 278 g/mol. The minimum atomic E-state index is -2.83. The summed E-state index contributed by atoms with van der Waals surface area (Å²) in [7, 11) is -1.14. The normalized spacial score (nSPS) is 22.9. The fourth-order valence-electron chi connectivity index (χ4n) is 2.18. The molecule has 0 aromatic rings. The Balaban J connectivity index is 2.55. The third-order valence-electron chi connectivity index (χ3n) is 3.23. The zero-order valence-electron chi connectivity index (χ0n) is 11.7. The Hall–Kier alpha value is -0.170. The zero-order chi connectivity index (χ0) is 13.6. The lowest BCUT2D eigenvalue weighted by Gasteiger charge is -2.30. The summed E-state index contributed by atoms with van der Waals surface area (Å²) in [6.07, 6.45) is 0.726. The number of hydrogen-bond acceptors (Lipinski definition) is 5. The van der Waals surface area contributed by atoms with Crippen LogP contribution in [0.25, 0.3) is 0 Å². The van der Waals surface area contributed by atoms with E-state index in [4.69, 9.17) is 4.74 Å². The van der Waals surface area contributed by atoms with Gasteiger partial charge in [-0.2, -0.15) is 0 Å². The minimum absolute atomic E-state index is 0.255. The lowest BCUT2D eigenvalue weighted by atomic mass is 10.2. The highest BCUT2D eigenvalue weighted by Gasteiger charge is 2.24. The number of ether oxygens (including phenoxy) is 1. The maximum absolute atomic E-state index is 11.6. The van der Waals surface area contributed by atoms with Crippen LogP contribution in [0.2, 0.25) is 0 Å². The topological polar surface area (TPSA) is 58.6 Å². The van der Waals surface area contributed by atoms with Gasteiger partial charge in [0.2, 0.25) is 0 Å². The third kappa shape index (κ3) is 5.65. The first kappa shape index (κ1) is 15.9. The number of nitrogens with zero attached hydrogens (tertiary/aromatic N) is 1. The first-order valence-corrected chi connectivity index (χ1v) is 8.43. The summed E-state index contributed by atoms with van der Waals surface area (Å²) < 4.78 is 28.4. The summed E-state index contributed by atoms with van der Waals surface area (Å²) in [5.41, 5.74) is 0. The average Bonchev–Trinajstić information content (AvgIpc) is 2.45. The van der Waals surface area contributed by atoms with Crippen molar-refractivity contribution < 1.29 is 13.2 Å². The van der Waals surface area contributed by atoms with Crippen LogP contribution in [-0.2, 0) is 14.6 Å². The number of methoxy groups -OCH3 is 1. The Morgan fingerprint density at radius 3 is 2.61 bits per heavy atom. The maximum Gasteiger partial charge on any atom is 0.151 e.